The first-order valence-electron chi connectivity index (χ1n) is 17.2. The second-order valence-electron chi connectivity index (χ2n) is 13.0. The van der Waals surface area contributed by atoms with Crippen molar-refractivity contribution in [2.24, 2.45) is 5.10 Å². The molecule has 0 saturated heterocycles. The summed E-state index contributed by atoms with van der Waals surface area (Å²) in [6.45, 7) is 0. The molecule has 0 fully saturated rings. The Hall–Kier alpha value is -7.21. The molecule has 0 N–H and O–H groups in total. The van der Waals surface area contributed by atoms with Crippen molar-refractivity contribution in [3.63, 3.8) is 0 Å². The Bertz CT molecular complexity index is 2710. The Morgan fingerprint density at radius 3 is 2.08 bits per heavy atom. The third-order valence-electron chi connectivity index (χ3n) is 9.91. The minimum atomic E-state index is 0.0348. The molecule has 1 atom stereocenters. The van der Waals surface area contributed by atoms with Crippen LogP contribution in [0.2, 0.25) is 0 Å². The Morgan fingerprint density at radius 1 is 0.673 bits per heavy atom. The zero-order chi connectivity index (χ0) is 35.0. The second-order valence-corrected chi connectivity index (χ2v) is 13.0. The molecule has 0 saturated carbocycles. The molecule has 5 nitrogen and oxygen atoms in total. The first kappa shape index (κ1) is 30.8. The van der Waals surface area contributed by atoms with Crippen molar-refractivity contribution >= 4 is 55.6 Å². The number of anilines is 1. The van der Waals surface area contributed by atoms with Crippen LogP contribution in [-0.2, 0) is 4.74 Å². The molecule has 9 rings (SSSR count). The van der Waals surface area contributed by atoms with E-state index in [0.29, 0.717) is 17.1 Å². The molecule has 2 aliphatic rings. The molecule has 5 heteroatoms. The van der Waals surface area contributed by atoms with Crippen LogP contribution in [0.5, 0.6) is 0 Å². The van der Waals surface area contributed by atoms with Crippen molar-refractivity contribution in [2.75, 3.05) is 5.01 Å². The molecule has 1 unspecified atom stereocenters. The number of allylic oxidation sites excluding steroid dienone is 5. The minimum absolute atomic E-state index is 0.0348. The van der Waals surface area contributed by atoms with Gasteiger partial charge in [0.25, 0.3) is 0 Å². The van der Waals surface area contributed by atoms with Crippen LogP contribution in [-0.4, -0.2) is 5.71 Å². The van der Waals surface area contributed by atoms with Crippen molar-refractivity contribution in [2.45, 2.75) is 12.5 Å². The van der Waals surface area contributed by atoms with Gasteiger partial charge in [-0.3, -0.25) is 5.01 Å². The third kappa shape index (κ3) is 5.48. The minimum Gasteiger partial charge on any atom is -0.457 e. The van der Waals surface area contributed by atoms with Gasteiger partial charge in [0, 0.05) is 23.1 Å². The summed E-state index contributed by atoms with van der Waals surface area (Å²) in [4.78, 5) is 0. The molecule has 244 valence electrons. The van der Waals surface area contributed by atoms with E-state index in [9.17, 15) is 10.5 Å². The van der Waals surface area contributed by atoms with Crippen molar-refractivity contribution < 1.29 is 4.74 Å². The molecular formula is C47H30N4O. The quantitative estimate of drug-likeness (QED) is 0.131. The zero-order valence-electron chi connectivity index (χ0n) is 28.1. The third-order valence-corrected chi connectivity index (χ3v) is 9.91. The van der Waals surface area contributed by atoms with Crippen molar-refractivity contribution in [1.82, 2.24) is 0 Å². The normalized spacial score (nSPS) is 15.7. The van der Waals surface area contributed by atoms with E-state index >= 15 is 0 Å². The van der Waals surface area contributed by atoms with E-state index < -0.39 is 0 Å². The summed E-state index contributed by atoms with van der Waals surface area (Å²) >= 11 is 0. The predicted molar refractivity (Wildman–Crippen MR) is 210 cm³/mol. The van der Waals surface area contributed by atoms with Gasteiger partial charge < -0.3 is 4.74 Å². The van der Waals surface area contributed by atoms with Crippen molar-refractivity contribution in [1.29, 1.82) is 10.5 Å². The van der Waals surface area contributed by atoms with Crippen LogP contribution < -0.4 is 5.01 Å². The number of hydrogen-bond acceptors (Lipinski definition) is 5. The lowest BCUT2D eigenvalue weighted by molar-refractivity contribution is 0.396. The zero-order valence-corrected chi connectivity index (χ0v) is 28.1. The fourth-order valence-corrected chi connectivity index (χ4v) is 7.40. The van der Waals surface area contributed by atoms with Gasteiger partial charge >= 0.3 is 0 Å². The van der Waals surface area contributed by atoms with Crippen LogP contribution in [0.1, 0.15) is 34.7 Å². The van der Waals surface area contributed by atoms with E-state index in [-0.39, 0.29) is 11.6 Å². The largest absolute Gasteiger partial charge is 0.457 e. The first-order chi connectivity index (χ1) is 25.7. The number of nitriles is 2. The Labute approximate surface area is 301 Å². The van der Waals surface area contributed by atoms with E-state index in [4.69, 9.17) is 9.84 Å². The average Bonchev–Trinajstić information content (AvgIpc) is 3.66. The van der Waals surface area contributed by atoms with Crippen LogP contribution in [0.25, 0.3) is 44.2 Å². The van der Waals surface area contributed by atoms with Crippen LogP contribution in [0.3, 0.4) is 0 Å². The molecular weight excluding hydrogens is 637 g/mol. The highest BCUT2D eigenvalue weighted by molar-refractivity contribution is 6.27. The fourth-order valence-electron chi connectivity index (χ4n) is 7.40. The lowest BCUT2D eigenvalue weighted by Gasteiger charge is -2.24. The summed E-state index contributed by atoms with van der Waals surface area (Å²) < 4.78 is 6.21. The number of hydrogen-bond donors (Lipinski definition) is 0. The number of ether oxygens (including phenoxy) is 1. The maximum Gasteiger partial charge on any atom is 0.137 e. The van der Waals surface area contributed by atoms with Crippen LogP contribution in [0, 0.1) is 22.7 Å². The van der Waals surface area contributed by atoms with E-state index in [2.05, 4.69) is 114 Å². The molecule has 7 aromatic rings. The highest BCUT2D eigenvalue weighted by Gasteiger charge is 2.31. The second kappa shape index (κ2) is 12.9. The maximum absolute atomic E-state index is 9.56. The van der Waals surface area contributed by atoms with Gasteiger partial charge in [-0.25, -0.2) is 0 Å². The van der Waals surface area contributed by atoms with Gasteiger partial charge in [0.15, 0.2) is 0 Å². The van der Waals surface area contributed by atoms with Gasteiger partial charge in [-0.2, -0.15) is 15.6 Å². The molecule has 0 aliphatic carbocycles. The molecule has 2 heterocycles. The monoisotopic (exact) mass is 666 g/mol. The highest BCUT2D eigenvalue weighted by atomic mass is 16.5. The molecule has 2 aliphatic heterocycles. The molecule has 52 heavy (non-hydrogen) atoms. The predicted octanol–water partition coefficient (Wildman–Crippen LogP) is 11.3. The van der Waals surface area contributed by atoms with Gasteiger partial charge in [-0.1, -0.05) is 133 Å². The van der Waals surface area contributed by atoms with Gasteiger partial charge in [0.1, 0.15) is 29.2 Å². The number of benzene rings is 7. The topological polar surface area (TPSA) is 72.4 Å². The van der Waals surface area contributed by atoms with Gasteiger partial charge in [-0.05, 0) is 73.8 Å². The molecule has 0 aromatic heterocycles. The molecule has 0 radical (unpaired) electrons. The molecule has 0 spiro atoms. The first-order valence-corrected chi connectivity index (χ1v) is 17.2. The molecule has 0 amide bonds. The number of rotatable bonds is 6. The smallest absolute Gasteiger partial charge is 0.137 e. The Morgan fingerprint density at radius 2 is 1.35 bits per heavy atom. The summed E-state index contributed by atoms with van der Waals surface area (Å²) in [5.41, 5.74) is 6.84. The Balaban J connectivity index is 1.05. The summed E-state index contributed by atoms with van der Waals surface area (Å²) in [5.74, 6) is 1.12. The Kier molecular flexibility index (Phi) is 7.65. The number of nitrogens with zero attached hydrogens (tertiary/aromatic N) is 4. The van der Waals surface area contributed by atoms with Crippen molar-refractivity contribution in [3.05, 3.63) is 197 Å². The lowest BCUT2D eigenvalue weighted by atomic mass is 9.89. The van der Waals surface area contributed by atoms with Crippen molar-refractivity contribution in [3.8, 4) is 12.1 Å². The molecule has 0 bridgehead atoms. The molecule has 7 aromatic carbocycles. The summed E-state index contributed by atoms with van der Waals surface area (Å²) in [5, 5.41) is 34.2. The standard InChI is InChI=1S/C47H30N4O/c48-29-38(30-49)37-26-40(52-45(27-37)33-10-5-2-6-11-33)23-16-31-14-21-39(22-15-31)51-44(32-8-3-1-4-9-32)28-43(50-51)41-24-19-36-18-17-34-12-7-13-35-20-25-42(41)47(36)46(34)35/h1-27,44H,28H2. The van der Waals surface area contributed by atoms with E-state index in [1.54, 1.807) is 12.2 Å². The van der Waals surface area contributed by atoms with Gasteiger partial charge in [0.05, 0.1) is 17.4 Å². The summed E-state index contributed by atoms with van der Waals surface area (Å²) in [6, 6.07) is 52.6. The fraction of sp³-hybridized carbons (Fsp3) is 0.0426. The van der Waals surface area contributed by atoms with Gasteiger partial charge in [0.2, 0.25) is 0 Å². The van der Waals surface area contributed by atoms with Crippen LogP contribution >= 0.6 is 0 Å². The average molecular weight is 667 g/mol. The maximum atomic E-state index is 9.56. The van der Waals surface area contributed by atoms with Crippen LogP contribution in [0.15, 0.2) is 180 Å². The van der Waals surface area contributed by atoms with E-state index in [1.165, 1.54) is 43.4 Å². The van der Waals surface area contributed by atoms with E-state index in [1.807, 2.05) is 54.6 Å². The SMILES string of the molecule is N#CC(C#N)=C1C=C(C=Cc2ccc(N3N=C(c4ccc5ccc6cccc7ccc4c5c67)CC3c3ccccc3)cc2)OC(c2ccccc2)=C1. The summed E-state index contributed by atoms with van der Waals surface area (Å²) in [7, 11) is 0. The summed E-state index contributed by atoms with van der Waals surface area (Å²) in [6.07, 6.45) is 8.08. The van der Waals surface area contributed by atoms with Gasteiger partial charge in [-0.15, -0.1) is 0 Å². The number of hydrazone groups is 1. The van der Waals surface area contributed by atoms with Crippen LogP contribution in [0.4, 0.5) is 5.69 Å². The lowest BCUT2D eigenvalue weighted by Crippen LogP contribution is -2.18. The van der Waals surface area contributed by atoms with E-state index in [0.717, 1.165) is 28.9 Å². The highest BCUT2D eigenvalue weighted by Crippen LogP contribution is 2.41.